The van der Waals surface area contributed by atoms with E-state index in [2.05, 4.69) is 10.1 Å². The summed E-state index contributed by atoms with van der Waals surface area (Å²) >= 11 is 11.8. The highest BCUT2D eigenvalue weighted by Crippen LogP contribution is 2.22. The maximum atomic E-state index is 6.09. The Labute approximate surface area is 104 Å². The van der Waals surface area contributed by atoms with Crippen molar-refractivity contribution in [1.29, 1.82) is 0 Å². The second-order valence-electron chi connectivity index (χ2n) is 3.53. The normalized spacial score (nSPS) is 10.8. The fourth-order valence-corrected chi connectivity index (χ4v) is 2.08. The quantitative estimate of drug-likeness (QED) is 0.772. The van der Waals surface area contributed by atoms with E-state index in [4.69, 9.17) is 23.2 Å². The third kappa shape index (κ3) is 2.06. The second kappa shape index (κ2) is 4.44. The van der Waals surface area contributed by atoms with Crippen LogP contribution in [0.25, 0.3) is 5.69 Å². The number of aromatic nitrogens is 3. The Morgan fingerprint density at radius 2 is 2.06 bits per heavy atom. The molecular formula is C11H11Cl2N3. The molecule has 1 aromatic heterocycles. The predicted molar refractivity (Wildman–Crippen MR) is 65.4 cm³/mol. The van der Waals surface area contributed by atoms with Crippen molar-refractivity contribution in [2.45, 2.75) is 19.7 Å². The Morgan fingerprint density at radius 3 is 2.56 bits per heavy atom. The van der Waals surface area contributed by atoms with Crippen LogP contribution >= 0.6 is 23.2 Å². The molecule has 0 saturated heterocycles. The lowest BCUT2D eigenvalue weighted by Gasteiger charge is -2.05. The number of nitrogens with zero attached hydrogens (tertiary/aromatic N) is 3. The first-order valence-electron chi connectivity index (χ1n) is 4.87. The summed E-state index contributed by atoms with van der Waals surface area (Å²) in [4.78, 5) is 4.24. The molecule has 5 heteroatoms. The number of benzene rings is 1. The summed E-state index contributed by atoms with van der Waals surface area (Å²) in [5.74, 6) is 2.00. The summed E-state index contributed by atoms with van der Waals surface area (Å²) < 4.78 is 1.76. The molecule has 1 heterocycles. The van der Waals surface area contributed by atoms with Crippen molar-refractivity contribution in [1.82, 2.24) is 14.8 Å². The third-order valence-electron chi connectivity index (χ3n) is 2.30. The van der Waals surface area contributed by atoms with Crippen LogP contribution in [0.5, 0.6) is 0 Å². The molecule has 2 aromatic rings. The molecule has 0 aliphatic heterocycles. The van der Waals surface area contributed by atoms with Gasteiger partial charge in [-0.15, -0.1) is 11.6 Å². The molecule has 0 radical (unpaired) electrons. The first-order valence-corrected chi connectivity index (χ1v) is 5.78. The van der Waals surface area contributed by atoms with Gasteiger partial charge in [0.25, 0.3) is 0 Å². The van der Waals surface area contributed by atoms with Crippen LogP contribution < -0.4 is 0 Å². The molecule has 3 nitrogen and oxygen atoms in total. The Hall–Kier alpha value is -1.06. The van der Waals surface area contributed by atoms with Gasteiger partial charge in [0.1, 0.15) is 11.6 Å². The second-order valence-corrected chi connectivity index (χ2v) is 4.20. The Kier molecular flexibility index (Phi) is 3.17. The molecular weight excluding hydrogens is 245 g/mol. The molecule has 84 valence electrons. The smallest absolute Gasteiger partial charge is 0.148 e. The Balaban J connectivity index is 2.49. The zero-order valence-electron chi connectivity index (χ0n) is 9.04. The maximum absolute atomic E-state index is 6.09. The van der Waals surface area contributed by atoms with Crippen LogP contribution in [-0.4, -0.2) is 14.8 Å². The lowest BCUT2D eigenvalue weighted by Crippen LogP contribution is -1.99. The van der Waals surface area contributed by atoms with E-state index in [0.717, 1.165) is 22.9 Å². The van der Waals surface area contributed by atoms with Crippen molar-refractivity contribution >= 4 is 23.2 Å². The first kappa shape index (κ1) is 11.4. The number of alkyl halides is 1. The van der Waals surface area contributed by atoms with Gasteiger partial charge in [0.15, 0.2) is 0 Å². The van der Waals surface area contributed by atoms with E-state index < -0.39 is 0 Å². The summed E-state index contributed by atoms with van der Waals surface area (Å²) in [5, 5.41) is 4.94. The fraction of sp³-hybridized carbons (Fsp3) is 0.273. The molecule has 0 aliphatic carbocycles. The minimum absolute atomic E-state index is 0.411. The van der Waals surface area contributed by atoms with Crippen molar-refractivity contribution in [3.63, 3.8) is 0 Å². The average Bonchev–Trinajstić information content (AvgIpc) is 2.58. The van der Waals surface area contributed by atoms with Crippen molar-refractivity contribution in [2.24, 2.45) is 0 Å². The molecule has 16 heavy (non-hydrogen) atoms. The van der Waals surface area contributed by atoms with Crippen LogP contribution in [0, 0.1) is 13.8 Å². The number of hydrogen-bond donors (Lipinski definition) is 0. The summed E-state index contributed by atoms with van der Waals surface area (Å²) in [5.41, 5.74) is 1.82. The van der Waals surface area contributed by atoms with Gasteiger partial charge in [0.05, 0.1) is 5.69 Å². The average molecular weight is 256 g/mol. The molecule has 2 rings (SSSR count). The largest absolute Gasteiger partial charge is 0.218 e. The van der Waals surface area contributed by atoms with Crippen LogP contribution in [0.1, 0.15) is 17.2 Å². The van der Waals surface area contributed by atoms with Crippen LogP contribution in [0.4, 0.5) is 0 Å². The van der Waals surface area contributed by atoms with Crippen molar-refractivity contribution < 1.29 is 0 Å². The van der Waals surface area contributed by atoms with Crippen LogP contribution in [0.3, 0.4) is 0 Å². The van der Waals surface area contributed by atoms with Gasteiger partial charge in [0, 0.05) is 10.9 Å². The number of halogens is 2. The van der Waals surface area contributed by atoms with E-state index in [1.54, 1.807) is 4.68 Å². The summed E-state index contributed by atoms with van der Waals surface area (Å²) in [6.45, 7) is 3.77. The van der Waals surface area contributed by atoms with Gasteiger partial charge in [0.2, 0.25) is 0 Å². The molecule has 0 saturated carbocycles. The molecule has 0 spiro atoms. The minimum atomic E-state index is 0.411. The van der Waals surface area contributed by atoms with E-state index in [-0.39, 0.29) is 0 Å². The standard InChI is InChI=1S/C11H11Cl2N3/c1-7-14-8(2)16(15-7)10-4-3-9(6-12)11(13)5-10/h3-5H,6H2,1-2H3. The van der Waals surface area contributed by atoms with Crippen molar-refractivity contribution in [3.8, 4) is 5.69 Å². The molecule has 0 amide bonds. The van der Waals surface area contributed by atoms with E-state index in [1.807, 2.05) is 32.0 Å². The summed E-state index contributed by atoms with van der Waals surface area (Å²) in [6, 6.07) is 5.69. The Morgan fingerprint density at radius 1 is 1.31 bits per heavy atom. The number of hydrogen-bond acceptors (Lipinski definition) is 2. The zero-order chi connectivity index (χ0) is 11.7. The number of aryl methyl sites for hydroxylation is 2. The highest BCUT2D eigenvalue weighted by atomic mass is 35.5. The Bertz CT molecular complexity index is 520. The van der Waals surface area contributed by atoms with Gasteiger partial charge in [-0.25, -0.2) is 9.67 Å². The van der Waals surface area contributed by atoms with Crippen LogP contribution in [-0.2, 0) is 5.88 Å². The molecule has 1 aromatic carbocycles. The van der Waals surface area contributed by atoms with Crippen molar-refractivity contribution in [2.75, 3.05) is 0 Å². The van der Waals surface area contributed by atoms with E-state index in [9.17, 15) is 0 Å². The van der Waals surface area contributed by atoms with Gasteiger partial charge in [-0.3, -0.25) is 0 Å². The zero-order valence-corrected chi connectivity index (χ0v) is 10.5. The lowest BCUT2D eigenvalue weighted by atomic mass is 10.2. The van der Waals surface area contributed by atoms with Crippen LogP contribution in [0.15, 0.2) is 18.2 Å². The molecule has 0 bridgehead atoms. The van der Waals surface area contributed by atoms with Gasteiger partial charge in [-0.05, 0) is 31.5 Å². The highest BCUT2D eigenvalue weighted by molar-refractivity contribution is 6.32. The van der Waals surface area contributed by atoms with E-state index in [1.165, 1.54) is 0 Å². The third-order valence-corrected chi connectivity index (χ3v) is 2.94. The number of rotatable bonds is 2. The van der Waals surface area contributed by atoms with Gasteiger partial charge >= 0.3 is 0 Å². The maximum Gasteiger partial charge on any atom is 0.148 e. The summed E-state index contributed by atoms with van der Waals surface area (Å²) in [6.07, 6.45) is 0. The van der Waals surface area contributed by atoms with E-state index in [0.29, 0.717) is 10.9 Å². The van der Waals surface area contributed by atoms with Gasteiger partial charge in [-0.1, -0.05) is 17.7 Å². The van der Waals surface area contributed by atoms with E-state index >= 15 is 0 Å². The molecule has 0 N–H and O–H groups in total. The van der Waals surface area contributed by atoms with Crippen LogP contribution in [0.2, 0.25) is 5.02 Å². The van der Waals surface area contributed by atoms with Gasteiger partial charge in [-0.2, -0.15) is 5.10 Å². The predicted octanol–water partition coefficient (Wildman–Crippen LogP) is 3.28. The monoisotopic (exact) mass is 255 g/mol. The first-order chi connectivity index (χ1) is 7.61. The highest BCUT2D eigenvalue weighted by Gasteiger charge is 2.07. The summed E-state index contributed by atoms with van der Waals surface area (Å²) in [7, 11) is 0. The van der Waals surface area contributed by atoms with Crippen molar-refractivity contribution in [3.05, 3.63) is 40.4 Å². The molecule has 0 unspecified atom stereocenters. The SMILES string of the molecule is Cc1nc(C)n(-c2ccc(CCl)c(Cl)c2)n1. The molecule has 0 fully saturated rings. The molecule has 0 aliphatic rings. The fourth-order valence-electron chi connectivity index (χ4n) is 1.54. The molecule has 0 atom stereocenters. The topological polar surface area (TPSA) is 30.7 Å². The van der Waals surface area contributed by atoms with Gasteiger partial charge < -0.3 is 0 Å². The lowest BCUT2D eigenvalue weighted by molar-refractivity contribution is 0.831. The minimum Gasteiger partial charge on any atom is -0.218 e.